The van der Waals surface area contributed by atoms with Gasteiger partial charge in [0.1, 0.15) is 0 Å². The Morgan fingerprint density at radius 1 is 1.27 bits per heavy atom. The maximum atomic E-state index is 11.4. The monoisotopic (exact) mass is 292 g/mol. The molecule has 6 heteroatoms. The van der Waals surface area contributed by atoms with Crippen LogP contribution < -0.4 is 9.44 Å². The Balaban J connectivity index is 2.65. The Hall–Kier alpha value is -0.590. The van der Waals surface area contributed by atoms with E-state index in [1.165, 1.54) is 0 Å². The van der Waals surface area contributed by atoms with Crippen LogP contribution >= 0.6 is 15.9 Å². The summed E-state index contributed by atoms with van der Waals surface area (Å²) in [6, 6.07) is 6.93. The highest BCUT2D eigenvalue weighted by molar-refractivity contribution is 9.10. The summed E-state index contributed by atoms with van der Waals surface area (Å²) in [6.45, 7) is 2.34. The molecule has 0 aromatic heterocycles. The van der Waals surface area contributed by atoms with E-state index in [1.54, 1.807) is 24.3 Å². The molecule has 4 nitrogen and oxygen atoms in total. The van der Waals surface area contributed by atoms with Gasteiger partial charge in [-0.3, -0.25) is 4.72 Å². The molecule has 0 atom stereocenters. The Morgan fingerprint density at radius 3 is 2.40 bits per heavy atom. The van der Waals surface area contributed by atoms with E-state index < -0.39 is 10.2 Å². The van der Waals surface area contributed by atoms with Crippen molar-refractivity contribution in [1.29, 1.82) is 0 Å². The summed E-state index contributed by atoms with van der Waals surface area (Å²) in [5.74, 6) is 0. The van der Waals surface area contributed by atoms with Crippen LogP contribution in [0.25, 0.3) is 0 Å². The molecule has 2 N–H and O–H groups in total. The van der Waals surface area contributed by atoms with Crippen LogP contribution in [0.2, 0.25) is 0 Å². The molecule has 0 spiro atoms. The quantitative estimate of drug-likeness (QED) is 0.873. The standard InChI is InChI=1S/C9H13BrN2O2S/c1-2-7-11-15(13,14)12-9-5-3-8(10)4-6-9/h3-6,11-12H,2,7H2,1H3. The average Bonchev–Trinajstić information content (AvgIpc) is 2.18. The zero-order valence-electron chi connectivity index (χ0n) is 8.33. The topological polar surface area (TPSA) is 58.2 Å². The number of hydrogen-bond donors (Lipinski definition) is 2. The van der Waals surface area contributed by atoms with Crippen LogP contribution in [0, 0.1) is 0 Å². The van der Waals surface area contributed by atoms with Gasteiger partial charge in [-0.25, -0.2) is 0 Å². The molecule has 1 aromatic rings. The summed E-state index contributed by atoms with van der Waals surface area (Å²) in [5, 5.41) is 0. The molecule has 0 radical (unpaired) electrons. The molecule has 84 valence electrons. The van der Waals surface area contributed by atoms with Gasteiger partial charge in [-0.05, 0) is 30.7 Å². The second-order valence-corrected chi connectivity index (χ2v) is 5.42. The Kier molecular flexibility index (Phi) is 4.56. The number of hydrogen-bond acceptors (Lipinski definition) is 2. The van der Waals surface area contributed by atoms with Gasteiger partial charge in [0.15, 0.2) is 0 Å². The summed E-state index contributed by atoms with van der Waals surface area (Å²) in [5.41, 5.74) is 0.543. The fraction of sp³-hybridized carbons (Fsp3) is 0.333. The van der Waals surface area contributed by atoms with Crippen LogP contribution in [0.15, 0.2) is 28.7 Å². The first kappa shape index (κ1) is 12.5. The van der Waals surface area contributed by atoms with Gasteiger partial charge in [0.2, 0.25) is 0 Å². The van der Waals surface area contributed by atoms with E-state index in [2.05, 4.69) is 25.4 Å². The largest absolute Gasteiger partial charge is 0.299 e. The molecular formula is C9H13BrN2O2S. The summed E-state index contributed by atoms with van der Waals surface area (Å²) in [7, 11) is -3.42. The highest BCUT2D eigenvalue weighted by Crippen LogP contribution is 2.14. The lowest BCUT2D eigenvalue weighted by Gasteiger charge is -2.08. The third-order valence-corrected chi connectivity index (χ3v) is 3.26. The Labute approximate surface area is 98.4 Å². The number of anilines is 1. The molecule has 15 heavy (non-hydrogen) atoms. The molecule has 0 unspecified atom stereocenters. The maximum Gasteiger partial charge on any atom is 0.299 e. The number of halogens is 1. The highest BCUT2D eigenvalue weighted by Gasteiger charge is 2.07. The average molecular weight is 293 g/mol. The predicted octanol–water partition coefficient (Wildman–Crippen LogP) is 2.11. The molecule has 0 aliphatic heterocycles. The SMILES string of the molecule is CCCNS(=O)(=O)Nc1ccc(Br)cc1. The van der Waals surface area contributed by atoms with Gasteiger partial charge in [0, 0.05) is 16.7 Å². The second-order valence-electron chi connectivity index (χ2n) is 3.01. The van der Waals surface area contributed by atoms with E-state index in [0.717, 1.165) is 10.9 Å². The zero-order valence-corrected chi connectivity index (χ0v) is 10.7. The minimum atomic E-state index is -3.42. The van der Waals surface area contributed by atoms with E-state index in [-0.39, 0.29) is 0 Å². The maximum absolute atomic E-state index is 11.4. The molecule has 0 heterocycles. The smallest absolute Gasteiger partial charge is 0.271 e. The van der Waals surface area contributed by atoms with E-state index in [9.17, 15) is 8.42 Å². The third kappa shape index (κ3) is 4.63. The van der Waals surface area contributed by atoms with E-state index >= 15 is 0 Å². The predicted molar refractivity (Wildman–Crippen MR) is 65.0 cm³/mol. The molecule has 1 rings (SSSR count). The van der Waals surface area contributed by atoms with Gasteiger partial charge in [0.25, 0.3) is 10.2 Å². The number of nitrogens with one attached hydrogen (secondary N) is 2. The summed E-state index contributed by atoms with van der Waals surface area (Å²) < 4.78 is 28.6. The van der Waals surface area contributed by atoms with Crippen LogP contribution in [0.4, 0.5) is 5.69 Å². The van der Waals surface area contributed by atoms with Crippen molar-refractivity contribution < 1.29 is 8.42 Å². The Bertz CT molecular complexity index is 403. The molecule has 0 saturated carbocycles. The zero-order chi connectivity index (χ0) is 11.3. The molecule has 0 aliphatic carbocycles. The number of rotatable bonds is 5. The lowest BCUT2D eigenvalue weighted by Crippen LogP contribution is -2.30. The third-order valence-electron chi connectivity index (χ3n) is 1.64. The fourth-order valence-corrected chi connectivity index (χ4v) is 2.20. The number of benzene rings is 1. The molecule has 0 fully saturated rings. The van der Waals surface area contributed by atoms with E-state index in [4.69, 9.17) is 0 Å². The molecule has 1 aromatic carbocycles. The van der Waals surface area contributed by atoms with Crippen molar-refractivity contribution >= 4 is 31.8 Å². The van der Waals surface area contributed by atoms with Crippen LogP contribution in [0.5, 0.6) is 0 Å². The van der Waals surface area contributed by atoms with Crippen molar-refractivity contribution in [2.75, 3.05) is 11.3 Å². The van der Waals surface area contributed by atoms with Crippen molar-refractivity contribution in [1.82, 2.24) is 4.72 Å². The summed E-state index contributed by atoms with van der Waals surface area (Å²) >= 11 is 3.27. The van der Waals surface area contributed by atoms with Crippen molar-refractivity contribution in [3.63, 3.8) is 0 Å². The van der Waals surface area contributed by atoms with Gasteiger partial charge >= 0.3 is 0 Å². The lowest BCUT2D eigenvalue weighted by molar-refractivity contribution is 0.586. The Morgan fingerprint density at radius 2 is 1.87 bits per heavy atom. The van der Waals surface area contributed by atoms with Crippen LogP contribution in [-0.2, 0) is 10.2 Å². The van der Waals surface area contributed by atoms with Gasteiger partial charge in [-0.1, -0.05) is 22.9 Å². The first-order chi connectivity index (χ1) is 7.03. The summed E-state index contributed by atoms with van der Waals surface area (Å²) in [6.07, 6.45) is 0.765. The van der Waals surface area contributed by atoms with Gasteiger partial charge in [0.05, 0.1) is 0 Å². The molecule has 0 saturated heterocycles. The van der Waals surface area contributed by atoms with Crippen LogP contribution in [-0.4, -0.2) is 15.0 Å². The molecular weight excluding hydrogens is 280 g/mol. The van der Waals surface area contributed by atoms with E-state index in [1.807, 2.05) is 6.92 Å². The highest BCUT2D eigenvalue weighted by atomic mass is 79.9. The normalized spacial score (nSPS) is 11.3. The van der Waals surface area contributed by atoms with Crippen molar-refractivity contribution in [2.45, 2.75) is 13.3 Å². The van der Waals surface area contributed by atoms with Crippen LogP contribution in [0.3, 0.4) is 0 Å². The minimum Gasteiger partial charge on any atom is -0.271 e. The van der Waals surface area contributed by atoms with Gasteiger partial charge in [-0.15, -0.1) is 0 Å². The minimum absolute atomic E-state index is 0.436. The van der Waals surface area contributed by atoms with E-state index in [0.29, 0.717) is 12.2 Å². The molecule has 0 bridgehead atoms. The first-order valence-electron chi connectivity index (χ1n) is 4.56. The molecule has 0 amide bonds. The van der Waals surface area contributed by atoms with Gasteiger partial charge < -0.3 is 0 Å². The van der Waals surface area contributed by atoms with Crippen molar-refractivity contribution in [3.05, 3.63) is 28.7 Å². The van der Waals surface area contributed by atoms with Crippen LogP contribution in [0.1, 0.15) is 13.3 Å². The fourth-order valence-electron chi connectivity index (χ4n) is 0.946. The second kappa shape index (κ2) is 5.48. The summed E-state index contributed by atoms with van der Waals surface area (Å²) in [4.78, 5) is 0. The van der Waals surface area contributed by atoms with Crippen molar-refractivity contribution in [2.24, 2.45) is 0 Å². The first-order valence-corrected chi connectivity index (χ1v) is 6.84. The molecule has 0 aliphatic rings. The van der Waals surface area contributed by atoms with Crippen molar-refractivity contribution in [3.8, 4) is 0 Å². The lowest BCUT2D eigenvalue weighted by atomic mass is 10.3. The van der Waals surface area contributed by atoms with Gasteiger partial charge in [-0.2, -0.15) is 13.1 Å².